The van der Waals surface area contributed by atoms with E-state index in [-0.39, 0.29) is 6.61 Å². The van der Waals surface area contributed by atoms with Crippen LogP contribution in [-0.4, -0.2) is 24.0 Å². The summed E-state index contributed by atoms with van der Waals surface area (Å²) in [5.41, 5.74) is 0.566. The molecule has 1 aromatic heterocycles. The van der Waals surface area contributed by atoms with Gasteiger partial charge in [-0.2, -0.15) is 0 Å². The van der Waals surface area contributed by atoms with Gasteiger partial charge >= 0.3 is 0 Å². The predicted octanol–water partition coefficient (Wildman–Crippen LogP) is 0.356. The second kappa shape index (κ2) is 4.10. The lowest BCUT2D eigenvalue weighted by atomic mass is 10.3. The third-order valence-corrected chi connectivity index (χ3v) is 1.32. The largest absolute Gasteiger partial charge is 0.390 e. The quantitative estimate of drug-likeness (QED) is 0.685. The zero-order valence-corrected chi connectivity index (χ0v) is 6.41. The van der Waals surface area contributed by atoms with Gasteiger partial charge in [-0.25, -0.2) is 0 Å². The first kappa shape index (κ1) is 8.23. The molecule has 11 heavy (non-hydrogen) atoms. The number of rotatable bonds is 4. The molecule has 0 fully saturated rings. The minimum absolute atomic E-state index is 0.0729. The molecule has 4 heteroatoms. The van der Waals surface area contributed by atoms with E-state index in [1.807, 2.05) is 0 Å². The average molecular weight is 157 g/mol. The molecular weight excluding hydrogens is 146 g/mol. The van der Waals surface area contributed by atoms with Gasteiger partial charge in [0, 0.05) is 19.6 Å². The van der Waals surface area contributed by atoms with Crippen LogP contribution in [0.25, 0.3) is 0 Å². The SMILES string of the molecule is COCCc1cc(CO)no1. The number of methoxy groups -OCH3 is 1. The Morgan fingerprint density at radius 3 is 3.09 bits per heavy atom. The van der Waals surface area contributed by atoms with Gasteiger partial charge in [0.2, 0.25) is 0 Å². The summed E-state index contributed by atoms with van der Waals surface area (Å²) in [6, 6.07) is 1.72. The number of ether oxygens (including phenoxy) is 1. The molecule has 1 heterocycles. The van der Waals surface area contributed by atoms with Crippen molar-refractivity contribution >= 4 is 0 Å². The number of hydrogen-bond donors (Lipinski definition) is 1. The number of nitrogens with zero attached hydrogens (tertiary/aromatic N) is 1. The van der Waals surface area contributed by atoms with Crippen LogP contribution < -0.4 is 0 Å². The molecular formula is C7H11NO3. The molecule has 0 amide bonds. The Bertz CT molecular complexity index is 209. The molecule has 1 rings (SSSR count). The van der Waals surface area contributed by atoms with Crippen LogP contribution in [0.2, 0.25) is 0 Å². The minimum atomic E-state index is -0.0729. The molecule has 0 atom stereocenters. The van der Waals surface area contributed by atoms with E-state index in [9.17, 15) is 0 Å². The van der Waals surface area contributed by atoms with Gasteiger partial charge in [-0.05, 0) is 0 Å². The lowest BCUT2D eigenvalue weighted by Gasteiger charge is -1.90. The first-order valence-corrected chi connectivity index (χ1v) is 3.41. The first-order chi connectivity index (χ1) is 5.36. The van der Waals surface area contributed by atoms with Crippen molar-refractivity contribution in [1.29, 1.82) is 0 Å². The zero-order chi connectivity index (χ0) is 8.10. The van der Waals surface area contributed by atoms with Gasteiger partial charge in [0.05, 0.1) is 13.2 Å². The van der Waals surface area contributed by atoms with Crippen LogP contribution in [0.5, 0.6) is 0 Å². The number of aromatic nitrogens is 1. The van der Waals surface area contributed by atoms with Gasteiger partial charge in [-0.15, -0.1) is 0 Å². The Kier molecular flexibility index (Phi) is 3.07. The summed E-state index contributed by atoms with van der Waals surface area (Å²) in [4.78, 5) is 0. The van der Waals surface area contributed by atoms with Gasteiger partial charge in [-0.3, -0.25) is 0 Å². The molecule has 4 nitrogen and oxygen atoms in total. The normalized spacial score (nSPS) is 10.4. The number of aliphatic hydroxyl groups excluding tert-OH is 1. The summed E-state index contributed by atoms with van der Waals surface area (Å²) in [5.74, 6) is 0.746. The van der Waals surface area contributed by atoms with Gasteiger partial charge in [0.1, 0.15) is 11.5 Å². The molecule has 0 saturated heterocycles. The summed E-state index contributed by atoms with van der Waals surface area (Å²) >= 11 is 0. The van der Waals surface area contributed by atoms with Gasteiger partial charge < -0.3 is 14.4 Å². The van der Waals surface area contributed by atoms with E-state index < -0.39 is 0 Å². The summed E-state index contributed by atoms with van der Waals surface area (Å²) < 4.78 is 9.71. The maximum Gasteiger partial charge on any atom is 0.139 e. The van der Waals surface area contributed by atoms with E-state index >= 15 is 0 Å². The van der Waals surface area contributed by atoms with Crippen molar-refractivity contribution in [3.63, 3.8) is 0 Å². The Morgan fingerprint density at radius 2 is 2.55 bits per heavy atom. The first-order valence-electron chi connectivity index (χ1n) is 3.41. The van der Waals surface area contributed by atoms with Crippen molar-refractivity contribution in [3.05, 3.63) is 17.5 Å². The highest BCUT2D eigenvalue weighted by molar-refractivity contribution is 5.03. The Balaban J connectivity index is 2.44. The van der Waals surface area contributed by atoms with Crippen molar-refractivity contribution < 1.29 is 14.4 Å². The summed E-state index contributed by atoms with van der Waals surface area (Å²) in [7, 11) is 1.63. The molecule has 0 spiro atoms. The van der Waals surface area contributed by atoms with Crippen LogP contribution in [0.15, 0.2) is 10.6 Å². The standard InChI is InChI=1S/C7H11NO3/c1-10-3-2-7-4-6(5-9)8-11-7/h4,9H,2-3,5H2,1H3. The lowest BCUT2D eigenvalue weighted by Crippen LogP contribution is -1.91. The van der Waals surface area contributed by atoms with Gasteiger partial charge in [-0.1, -0.05) is 5.16 Å². The molecule has 62 valence electrons. The summed E-state index contributed by atoms with van der Waals surface area (Å²) in [5, 5.41) is 12.2. The van der Waals surface area contributed by atoms with Crippen LogP contribution in [0.4, 0.5) is 0 Å². The van der Waals surface area contributed by atoms with E-state index in [0.29, 0.717) is 18.7 Å². The molecule has 0 saturated carbocycles. The smallest absolute Gasteiger partial charge is 0.139 e. The second-order valence-electron chi connectivity index (χ2n) is 2.19. The minimum Gasteiger partial charge on any atom is -0.390 e. The summed E-state index contributed by atoms with van der Waals surface area (Å²) in [6.07, 6.45) is 0.698. The Morgan fingerprint density at radius 1 is 1.73 bits per heavy atom. The lowest BCUT2D eigenvalue weighted by molar-refractivity contribution is 0.193. The molecule has 0 aliphatic heterocycles. The highest BCUT2D eigenvalue weighted by Gasteiger charge is 2.01. The molecule has 0 unspecified atom stereocenters. The van der Waals surface area contributed by atoms with Crippen LogP contribution in [0, 0.1) is 0 Å². The van der Waals surface area contributed by atoms with Crippen LogP contribution in [0.1, 0.15) is 11.5 Å². The highest BCUT2D eigenvalue weighted by Crippen LogP contribution is 2.03. The van der Waals surface area contributed by atoms with Crippen LogP contribution in [0.3, 0.4) is 0 Å². The van der Waals surface area contributed by atoms with E-state index in [0.717, 1.165) is 5.76 Å². The van der Waals surface area contributed by atoms with Crippen molar-refractivity contribution in [1.82, 2.24) is 5.16 Å². The van der Waals surface area contributed by atoms with Crippen molar-refractivity contribution in [2.45, 2.75) is 13.0 Å². The molecule has 1 aromatic rings. The maximum absolute atomic E-state index is 8.62. The molecule has 0 aliphatic rings. The van der Waals surface area contributed by atoms with E-state index in [1.165, 1.54) is 0 Å². The Labute approximate surface area is 64.8 Å². The van der Waals surface area contributed by atoms with E-state index in [4.69, 9.17) is 14.4 Å². The highest BCUT2D eigenvalue weighted by atomic mass is 16.5. The maximum atomic E-state index is 8.62. The number of hydrogen-bond acceptors (Lipinski definition) is 4. The Hall–Kier alpha value is -0.870. The average Bonchev–Trinajstić information content (AvgIpc) is 2.48. The molecule has 1 N–H and O–H groups in total. The molecule has 0 radical (unpaired) electrons. The summed E-state index contributed by atoms with van der Waals surface area (Å²) in [6.45, 7) is 0.538. The van der Waals surface area contributed by atoms with Gasteiger partial charge in [0.15, 0.2) is 0 Å². The van der Waals surface area contributed by atoms with Crippen molar-refractivity contribution in [2.75, 3.05) is 13.7 Å². The van der Waals surface area contributed by atoms with Crippen molar-refractivity contribution in [2.24, 2.45) is 0 Å². The monoisotopic (exact) mass is 157 g/mol. The predicted molar refractivity (Wildman–Crippen MR) is 38.0 cm³/mol. The van der Waals surface area contributed by atoms with Crippen molar-refractivity contribution in [3.8, 4) is 0 Å². The molecule has 0 bridgehead atoms. The van der Waals surface area contributed by atoms with Crippen LogP contribution >= 0.6 is 0 Å². The fourth-order valence-electron chi connectivity index (χ4n) is 0.751. The molecule has 0 aromatic carbocycles. The van der Waals surface area contributed by atoms with Gasteiger partial charge in [0.25, 0.3) is 0 Å². The zero-order valence-electron chi connectivity index (χ0n) is 6.41. The third kappa shape index (κ3) is 2.32. The topological polar surface area (TPSA) is 55.5 Å². The fraction of sp³-hybridized carbons (Fsp3) is 0.571. The second-order valence-corrected chi connectivity index (χ2v) is 2.19. The van der Waals surface area contributed by atoms with E-state index in [2.05, 4.69) is 5.16 Å². The van der Waals surface area contributed by atoms with Crippen LogP contribution in [-0.2, 0) is 17.8 Å². The third-order valence-electron chi connectivity index (χ3n) is 1.32. The van der Waals surface area contributed by atoms with E-state index in [1.54, 1.807) is 13.2 Å². The fourth-order valence-corrected chi connectivity index (χ4v) is 0.751. The molecule has 0 aliphatic carbocycles. The number of aliphatic hydroxyl groups is 1.